The lowest BCUT2D eigenvalue weighted by molar-refractivity contribution is -0.118. The molecule has 0 aliphatic carbocycles. The standard InChI is InChI=1S/C19H22ClFN2OS/c1-10(2)15-7-14(9-22)19(21)18(11(3)4)16(15)8-17(24)23-25-13(6)12(5)20/h7,10-11H,5-6,8H2,1-4H3,(H,23,24). The third kappa shape index (κ3) is 5.35. The van der Waals surface area contributed by atoms with Crippen molar-refractivity contribution < 1.29 is 9.18 Å². The van der Waals surface area contributed by atoms with Crippen molar-refractivity contribution in [3.63, 3.8) is 0 Å². The number of halogens is 2. The number of nitrogens with zero attached hydrogens (tertiary/aromatic N) is 1. The van der Waals surface area contributed by atoms with Crippen LogP contribution in [0.2, 0.25) is 0 Å². The fourth-order valence-electron chi connectivity index (χ4n) is 2.51. The zero-order valence-corrected chi connectivity index (χ0v) is 16.4. The highest BCUT2D eigenvalue weighted by atomic mass is 35.5. The Morgan fingerprint density at radius 1 is 1.36 bits per heavy atom. The molecule has 0 saturated heterocycles. The molecule has 0 fully saturated rings. The van der Waals surface area contributed by atoms with Crippen molar-refractivity contribution in [2.75, 3.05) is 0 Å². The minimum atomic E-state index is -0.545. The van der Waals surface area contributed by atoms with E-state index in [0.29, 0.717) is 16.0 Å². The maximum atomic E-state index is 14.7. The Labute approximate surface area is 158 Å². The van der Waals surface area contributed by atoms with Gasteiger partial charge in [-0.3, -0.25) is 9.52 Å². The summed E-state index contributed by atoms with van der Waals surface area (Å²) in [6.07, 6.45) is 0.0126. The molecular formula is C19H22ClFN2OS. The number of hydrogen-bond acceptors (Lipinski definition) is 3. The normalized spacial score (nSPS) is 10.7. The summed E-state index contributed by atoms with van der Waals surface area (Å²) in [5.74, 6) is -0.940. The van der Waals surface area contributed by atoms with Crippen molar-refractivity contribution in [1.29, 1.82) is 5.26 Å². The summed E-state index contributed by atoms with van der Waals surface area (Å²) >= 11 is 6.69. The molecule has 0 radical (unpaired) electrons. The van der Waals surface area contributed by atoms with Crippen molar-refractivity contribution in [3.8, 4) is 6.07 Å². The first-order valence-electron chi connectivity index (χ1n) is 7.84. The summed E-state index contributed by atoms with van der Waals surface area (Å²) in [5.41, 5.74) is 1.87. The number of rotatable bonds is 7. The Kier molecular flexibility index (Phi) is 7.72. The van der Waals surface area contributed by atoms with Gasteiger partial charge in [0.05, 0.1) is 12.0 Å². The molecule has 0 unspecified atom stereocenters. The molecule has 1 amide bonds. The van der Waals surface area contributed by atoms with Crippen LogP contribution < -0.4 is 4.72 Å². The Bertz CT molecular complexity index is 751. The monoisotopic (exact) mass is 380 g/mol. The number of allylic oxidation sites excluding steroid dienone is 1. The highest BCUT2D eigenvalue weighted by Gasteiger charge is 2.23. The van der Waals surface area contributed by atoms with Gasteiger partial charge in [-0.15, -0.1) is 0 Å². The predicted octanol–water partition coefficient (Wildman–Crippen LogP) is 5.52. The van der Waals surface area contributed by atoms with Crippen molar-refractivity contribution in [1.82, 2.24) is 4.72 Å². The quantitative estimate of drug-likeness (QED) is 0.500. The second-order valence-corrected chi connectivity index (χ2v) is 7.63. The molecule has 1 rings (SSSR count). The fraction of sp³-hybridized carbons (Fsp3) is 0.368. The lowest BCUT2D eigenvalue weighted by Crippen LogP contribution is -2.21. The van der Waals surface area contributed by atoms with Gasteiger partial charge in [0.1, 0.15) is 11.9 Å². The molecule has 0 heterocycles. The Morgan fingerprint density at radius 2 is 1.96 bits per heavy atom. The van der Waals surface area contributed by atoms with E-state index < -0.39 is 5.82 Å². The molecule has 0 aromatic heterocycles. The average molecular weight is 381 g/mol. The van der Waals surface area contributed by atoms with Crippen LogP contribution in [0.25, 0.3) is 0 Å². The maximum absolute atomic E-state index is 14.7. The van der Waals surface area contributed by atoms with Crippen LogP contribution in [-0.4, -0.2) is 5.91 Å². The third-order valence-corrected chi connectivity index (χ3v) is 4.86. The number of carbonyl (C=O) groups excluding carboxylic acids is 1. The molecule has 0 aliphatic rings. The zero-order valence-electron chi connectivity index (χ0n) is 14.9. The van der Waals surface area contributed by atoms with Crippen molar-refractivity contribution in [2.24, 2.45) is 0 Å². The van der Waals surface area contributed by atoms with Crippen LogP contribution in [0.3, 0.4) is 0 Å². The van der Waals surface area contributed by atoms with E-state index in [4.69, 9.17) is 11.6 Å². The molecule has 0 spiro atoms. The predicted molar refractivity (Wildman–Crippen MR) is 103 cm³/mol. The van der Waals surface area contributed by atoms with Crippen LogP contribution in [0.1, 0.15) is 61.8 Å². The van der Waals surface area contributed by atoms with E-state index in [-0.39, 0.29) is 34.8 Å². The van der Waals surface area contributed by atoms with Gasteiger partial charge in [-0.25, -0.2) is 4.39 Å². The van der Waals surface area contributed by atoms with Crippen LogP contribution in [0.4, 0.5) is 4.39 Å². The van der Waals surface area contributed by atoms with Gasteiger partial charge in [0.2, 0.25) is 5.91 Å². The minimum absolute atomic E-state index is 0.0118. The van der Waals surface area contributed by atoms with Crippen LogP contribution >= 0.6 is 23.5 Å². The van der Waals surface area contributed by atoms with Gasteiger partial charge in [-0.2, -0.15) is 5.26 Å². The molecule has 1 N–H and O–H groups in total. The van der Waals surface area contributed by atoms with E-state index in [1.807, 2.05) is 33.8 Å². The van der Waals surface area contributed by atoms with Gasteiger partial charge >= 0.3 is 0 Å². The second-order valence-electron chi connectivity index (χ2n) is 6.27. The number of amides is 1. The minimum Gasteiger partial charge on any atom is -0.296 e. The molecule has 0 bridgehead atoms. The molecule has 25 heavy (non-hydrogen) atoms. The number of nitriles is 1. The van der Waals surface area contributed by atoms with E-state index in [2.05, 4.69) is 17.9 Å². The van der Waals surface area contributed by atoms with Crippen molar-refractivity contribution >= 4 is 29.5 Å². The first-order chi connectivity index (χ1) is 11.6. The first kappa shape index (κ1) is 21.3. The molecule has 3 nitrogen and oxygen atoms in total. The van der Waals surface area contributed by atoms with Gasteiger partial charge in [0, 0.05) is 9.94 Å². The molecule has 0 aliphatic heterocycles. The average Bonchev–Trinajstić information content (AvgIpc) is 2.51. The second kappa shape index (κ2) is 9.07. The van der Waals surface area contributed by atoms with Gasteiger partial charge in [0.25, 0.3) is 0 Å². The molecule has 1 aromatic rings. The Balaban J connectivity index is 3.26. The van der Waals surface area contributed by atoms with Crippen molar-refractivity contribution in [3.05, 3.63) is 57.2 Å². The van der Waals surface area contributed by atoms with Gasteiger partial charge in [-0.05, 0) is 46.5 Å². The van der Waals surface area contributed by atoms with Gasteiger partial charge in [-0.1, -0.05) is 52.5 Å². The van der Waals surface area contributed by atoms with Crippen LogP contribution in [-0.2, 0) is 11.2 Å². The largest absolute Gasteiger partial charge is 0.296 e. The summed E-state index contributed by atoms with van der Waals surface area (Å²) in [5, 5.41) is 9.45. The van der Waals surface area contributed by atoms with E-state index in [0.717, 1.165) is 17.5 Å². The highest BCUT2D eigenvalue weighted by molar-refractivity contribution is 8.02. The molecule has 0 saturated carbocycles. The summed E-state index contributed by atoms with van der Waals surface area (Å²) in [6, 6.07) is 3.45. The number of carbonyl (C=O) groups is 1. The molecular weight excluding hydrogens is 359 g/mol. The zero-order chi connectivity index (χ0) is 19.3. The molecule has 0 atom stereocenters. The van der Waals surface area contributed by atoms with E-state index in [1.54, 1.807) is 6.07 Å². The van der Waals surface area contributed by atoms with Gasteiger partial charge in [0.15, 0.2) is 0 Å². The van der Waals surface area contributed by atoms with Crippen LogP contribution in [0.5, 0.6) is 0 Å². The molecule has 1 aromatic carbocycles. The lowest BCUT2D eigenvalue weighted by atomic mass is 9.85. The number of nitrogens with one attached hydrogen (secondary N) is 1. The summed E-state index contributed by atoms with van der Waals surface area (Å²) in [7, 11) is 0. The first-order valence-corrected chi connectivity index (χ1v) is 9.04. The number of benzene rings is 1. The maximum Gasteiger partial charge on any atom is 0.234 e. The van der Waals surface area contributed by atoms with Crippen molar-refractivity contribution in [2.45, 2.75) is 46.0 Å². The van der Waals surface area contributed by atoms with E-state index >= 15 is 0 Å². The Hall–Kier alpha value is -1.77. The van der Waals surface area contributed by atoms with Gasteiger partial charge < -0.3 is 0 Å². The lowest BCUT2D eigenvalue weighted by Gasteiger charge is -2.21. The van der Waals surface area contributed by atoms with Crippen LogP contribution in [0, 0.1) is 17.1 Å². The Morgan fingerprint density at radius 3 is 2.40 bits per heavy atom. The SMILES string of the molecule is C=C(Cl)C(=C)SNC(=O)Cc1c(C(C)C)cc(C#N)c(F)c1C(C)C. The third-order valence-electron chi connectivity index (χ3n) is 3.69. The highest BCUT2D eigenvalue weighted by Crippen LogP contribution is 2.33. The molecule has 134 valence electrons. The van der Waals surface area contributed by atoms with Crippen LogP contribution in [0.15, 0.2) is 29.2 Å². The smallest absolute Gasteiger partial charge is 0.234 e. The van der Waals surface area contributed by atoms with E-state index in [1.165, 1.54) is 0 Å². The topological polar surface area (TPSA) is 52.9 Å². The number of hydrogen-bond donors (Lipinski definition) is 1. The summed E-state index contributed by atoms with van der Waals surface area (Å²) in [4.78, 5) is 12.8. The summed E-state index contributed by atoms with van der Waals surface area (Å²) < 4.78 is 17.3. The fourth-order valence-corrected chi connectivity index (χ4v) is 3.04. The summed E-state index contributed by atoms with van der Waals surface area (Å²) in [6.45, 7) is 14.8. The molecule has 6 heteroatoms. The van der Waals surface area contributed by atoms with E-state index in [9.17, 15) is 14.4 Å².